The van der Waals surface area contributed by atoms with Crippen LogP contribution in [0.3, 0.4) is 0 Å². The monoisotopic (exact) mass is 367 g/mol. The van der Waals surface area contributed by atoms with Crippen LogP contribution in [0.2, 0.25) is 5.02 Å². The molecule has 9 nitrogen and oxygen atoms in total. The van der Waals surface area contributed by atoms with Gasteiger partial charge >= 0.3 is 14.3 Å². The van der Waals surface area contributed by atoms with Gasteiger partial charge in [0, 0.05) is 12.6 Å². The summed E-state index contributed by atoms with van der Waals surface area (Å²) in [5.74, 6) is -0.0861. The van der Waals surface area contributed by atoms with Crippen LogP contribution in [0.1, 0.15) is 26.5 Å². The first kappa shape index (κ1) is 18.5. The van der Waals surface area contributed by atoms with Gasteiger partial charge in [0.15, 0.2) is 6.23 Å². The first-order valence-corrected chi connectivity index (χ1v) is 8.45. The van der Waals surface area contributed by atoms with Gasteiger partial charge in [0.1, 0.15) is 11.9 Å². The zero-order valence-electron chi connectivity index (χ0n) is 12.6. The Morgan fingerprint density at radius 3 is 3.00 bits per heavy atom. The highest BCUT2D eigenvalue weighted by Gasteiger charge is 2.36. The molecule has 4 N–H and O–H groups in total. The Bertz CT molecular complexity index is 601. The number of anilines is 1. The van der Waals surface area contributed by atoms with Crippen molar-refractivity contribution in [3.8, 4) is 0 Å². The highest BCUT2D eigenvalue weighted by atomic mass is 35.5. The first-order valence-electron chi connectivity index (χ1n) is 6.94. The largest absolute Gasteiger partial charge is 0.388 e. The van der Waals surface area contributed by atoms with E-state index >= 15 is 0 Å². The molecule has 0 aliphatic carbocycles. The molecule has 0 saturated carbocycles. The van der Waals surface area contributed by atoms with E-state index in [1.165, 1.54) is 6.20 Å². The standard InChI is InChI=1S/C12H19ClN3O6P/c1-6(2)22-23(19)20-5-7-3-9(17)11(21-7)16-4-8(13)10(14)15-12(16)18/h4,6-7,9,11,17,19H,3,5H2,1-2H3,(H2,14,15,18). The summed E-state index contributed by atoms with van der Waals surface area (Å²) in [6.45, 7) is 3.56. The molecule has 1 aliphatic heterocycles. The lowest BCUT2D eigenvalue weighted by molar-refractivity contribution is -0.0518. The summed E-state index contributed by atoms with van der Waals surface area (Å²) in [7, 11) is -2.01. The van der Waals surface area contributed by atoms with Crippen LogP contribution in [0.5, 0.6) is 0 Å². The number of aliphatic hydroxyl groups excluding tert-OH is 1. The van der Waals surface area contributed by atoms with E-state index in [9.17, 15) is 14.8 Å². The number of hydrogen-bond donors (Lipinski definition) is 3. The number of ether oxygens (including phenoxy) is 1. The zero-order chi connectivity index (χ0) is 17.1. The van der Waals surface area contributed by atoms with Gasteiger partial charge in [-0.15, -0.1) is 0 Å². The Kier molecular flexibility index (Phi) is 6.33. The molecule has 0 bridgehead atoms. The quantitative estimate of drug-likeness (QED) is 0.629. The Balaban J connectivity index is 1.99. The van der Waals surface area contributed by atoms with Crippen molar-refractivity contribution in [3.63, 3.8) is 0 Å². The summed E-state index contributed by atoms with van der Waals surface area (Å²) in [5.41, 5.74) is 4.78. The Hall–Kier alpha value is -0.800. The molecule has 0 aromatic carbocycles. The predicted octanol–water partition coefficient (Wildman–Crippen LogP) is 0.788. The van der Waals surface area contributed by atoms with Crippen molar-refractivity contribution in [2.75, 3.05) is 12.3 Å². The second-order valence-electron chi connectivity index (χ2n) is 5.30. The van der Waals surface area contributed by atoms with Crippen molar-refractivity contribution < 1.29 is 23.8 Å². The number of rotatable bonds is 6. The molecule has 4 atom stereocenters. The van der Waals surface area contributed by atoms with Gasteiger partial charge in [-0.05, 0) is 13.8 Å². The Morgan fingerprint density at radius 2 is 2.35 bits per heavy atom. The van der Waals surface area contributed by atoms with Crippen LogP contribution in [-0.2, 0) is 13.8 Å². The minimum Gasteiger partial charge on any atom is -0.388 e. The fraction of sp³-hybridized carbons (Fsp3) is 0.667. The molecule has 0 spiro atoms. The lowest BCUT2D eigenvalue weighted by Gasteiger charge is -2.18. The van der Waals surface area contributed by atoms with Crippen LogP contribution in [0, 0.1) is 0 Å². The topological polar surface area (TPSA) is 129 Å². The highest BCUT2D eigenvalue weighted by molar-refractivity contribution is 7.40. The van der Waals surface area contributed by atoms with Gasteiger partial charge < -0.3 is 29.5 Å². The van der Waals surface area contributed by atoms with Crippen molar-refractivity contribution >= 4 is 26.0 Å². The van der Waals surface area contributed by atoms with Gasteiger partial charge in [-0.3, -0.25) is 4.57 Å². The molecular weight excluding hydrogens is 349 g/mol. The van der Waals surface area contributed by atoms with Crippen molar-refractivity contribution in [1.29, 1.82) is 0 Å². The van der Waals surface area contributed by atoms with E-state index in [-0.39, 0.29) is 30.0 Å². The molecule has 1 aromatic heterocycles. The second kappa shape index (κ2) is 7.85. The maximum absolute atomic E-state index is 11.9. The minimum atomic E-state index is -2.01. The lowest BCUT2D eigenvalue weighted by Crippen LogP contribution is -2.32. The molecule has 4 unspecified atom stereocenters. The molecule has 11 heteroatoms. The van der Waals surface area contributed by atoms with Crippen LogP contribution in [0.15, 0.2) is 11.0 Å². The van der Waals surface area contributed by atoms with Gasteiger partial charge in [-0.1, -0.05) is 11.6 Å². The van der Waals surface area contributed by atoms with Crippen LogP contribution in [-0.4, -0.2) is 44.5 Å². The van der Waals surface area contributed by atoms with Gasteiger partial charge in [0.05, 0.1) is 23.8 Å². The number of aliphatic hydroxyl groups is 1. The van der Waals surface area contributed by atoms with Crippen LogP contribution < -0.4 is 11.4 Å². The molecule has 130 valence electrons. The fourth-order valence-corrected chi connectivity index (χ4v) is 2.95. The average Bonchev–Trinajstić information content (AvgIpc) is 2.81. The number of nitrogens with zero attached hydrogens (tertiary/aromatic N) is 2. The Labute approximate surface area is 138 Å². The highest BCUT2D eigenvalue weighted by Crippen LogP contribution is 2.37. The van der Waals surface area contributed by atoms with Gasteiger partial charge in [0.2, 0.25) is 0 Å². The number of aromatic nitrogens is 2. The third-order valence-electron chi connectivity index (χ3n) is 3.05. The SMILES string of the molecule is CC(C)OP(O)OCC1CC(O)C(n2cc(Cl)c(N)nc2=O)O1. The molecule has 1 saturated heterocycles. The zero-order valence-corrected chi connectivity index (χ0v) is 14.3. The summed E-state index contributed by atoms with van der Waals surface area (Å²) in [5, 5.41) is 10.2. The second-order valence-corrected chi connectivity index (χ2v) is 6.66. The van der Waals surface area contributed by atoms with Crippen LogP contribution in [0.25, 0.3) is 0 Å². The normalized spacial score (nSPS) is 25.9. The molecule has 1 aliphatic rings. The molecule has 0 radical (unpaired) electrons. The summed E-state index contributed by atoms with van der Waals surface area (Å²) in [6, 6.07) is 0. The van der Waals surface area contributed by atoms with E-state index in [1.807, 2.05) is 0 Å². The maximum atomic E-state index is 11.9. The number of nitrogens with two attached hydrogens (primary N) is 1. The van der Waals surface area contributed by atoms with Crippen LogP contribution >= 0.6 is 20.2 Å². The van der Waals surface area contributed by atoms with Crippen molar-refractivity contribution in [3.05, 3.63) is 21.7 Å². The van der Waals surface area contributed by atoms with E-state index in [1.54, 1.807) is 13.8 Å². The average molecular weight is 368 g/mol. The predicted molar refractivity (Wildman–Crippen MR) is 83.8 cm³/mol. The Morgan fingerprint density at radius 1 is 1.65 bits per heavy atom. The van der Waals surface area contributed by atoms with E-state index < -0.39 is 32.7 Å². The molecule has 2 rings (SSSR count). The number of hydrogen-bond acceptors (Lipinski definition) is 8. The van der Waals surface area contributed by atoms with E-state index in [0.29, 0.717) is 0 Å². The molecule has 0 amide bonds. The van der Waals surface area contributed by atoms with E-state index in [2.05, 4.69) is 4.98 Å². The first-order chi connectivity index (χ1) is 10.8. The van der Waals surface area contributed by atoms with Crippen molar-refractivity contribution in [2.45, 2.75) is 44.8 Å². The van der Waals surface area contributed by atoms with Crippen molar-refractivity contribution in [2.24, 2.45) is 0 Å². The summed E-state index contributed by atoms with van der Waals surface area (Å²) >= 11 is 5.84. The molecule has 23 heavy (non-hydrogen) atoms. The number of halogens is 1. The third kappa shape index (κ3) is 4.84. The molecule has 1 fully saturated rings. The smallest absolute Gasteiger partial charge is 0.351 e. The van der Waals surface area contributed by atoms with Gasteiger partial charge in [-0.2, -0.15) is 4.98 Å². The summed E-state index contributed by atoms with van der Waals surface area (Å²) in [4.78, 5) is 25.0. The van der Waals surface area contributed by atoms with E-state index in [0.717, 1.165) is 4.57 Å². The maximum Gasteiger partial charge on any atom is 0.351 e. The molecular formula is C12H19ClN3O6P. The molecule has 2 heterocycles. The lowest BCUT2D eigenvalue weighted by atomic mass is 10.2. The fourth-order valence-electron chi connectivity index (χ4n) is 2.09. The minimum absolute atomic E-state index is 0.0212. The van der Waals surface area contributed by atoms with E-state index in [4.69, 9.17) is 31.1 Å². The van der Waals surface area contributed by atoms with Crippen LogP contribution in [0.4, 0.5) is 5.82 Å². The molecule has 1 aromatic rings. The van der Waals surface area contributed by atoms with Crippen molar-refractivity contribution in [1.82, 2.24) is 9.55 Å². The summed E-state index contributed by atoms with van der Waals surface area (Å²) in [6.07, 6.45) is -1.08. The third-order valence-corrected chi connectivity index (χ3v) is 4.31. The summed E-state index contributed by atoms with van der Waals surface area (Å²) < 4.78 is 16.9. The van der Waals surface area contributed by atoms with Gasteiger partial charge in [-0.25, -0.2) is 4.79 Å². The number of nitrogen functional groups attached to an aromatic ring is 1. The van der Waals surface area contributed by atoms with Gasteiger partial charge in [0.25, 0.3) is 0 Å².